The molecule has 19 heavy (non-hydrogen) atoms. The summed E-state index contributed by atoms with van der Waals surface area (Å²) in [5.74, 6) is -0.314. The highest BCUT2D eigenvalue weighted by Gasteiger charge is 2.15. The first-order chi connectivity index (χ1) is 9.13. The van der Waals surface area contributed by atoms with Gasteiger partial charge < -0.3 is 10.3 Å². The topological polar surface area (TPSA) is 96.0 Å². The van der Waals surface area contributed by atoms with E-state index < -0.39 is 4.92 Å². The second-order valence-electron chi connectivity index (χ2n) is 3.77. The van der Waals surface area contributed by atoms with Crippen molar-refractivity contribution < 1.29 is 15.2 Å². The third-order valence-electron chi connectivity index (χ3n) is 2.59. The van der Waals surface area contributed by atoms with Crippen LogP contribution in [0.1, 0.15) is 11.1 Å². The van der Waals surface area contributed by atoms with Crippen LogP contribution in [0.25, 0.3) is 0 Å². The molecule has 0 fully saturated rings. The van der Waals surface area contributed by atoms with Gasteiger partial charge in [-0.1, -0.05) is 35.5 Å². The number of oxime groups is 1. The van der Waals surface area contributed by atoms with Gasteiger partial charge in [-0.15, -0.1) is 0 Å². The quantitative estimate of drug-likeness (QED) is 0.382. The molecule has 2 rings (SSSR count). The molecule has 96 valence electrons. The molecule has 0 aliphatic heterocycles. The second-order valence-corrected chi connectivity index (χ2v) is 3.77. The predicted molar refractivity (Wildman–Crippen MR) is 68.6 cm³/mol. The Labute approximate surface area is 108 Å². The first-order valence-corrected chi connectivity index (χ1v) is 5.38. The Balaban J connectivity index is 2.49. The predicted octanol–water partition coefficient (Wildman–Crippen LogP) is 2.53. The van der Waals surface area contributed by atoms with Crippen LogP contribution in [0.15, 0.2) is 53.7 Å². The van der Waals surface area contributed by atoms with Gasteiger partial charge in [0.25, 0.3) is 5.69 Å². The van der Waals surface area contributed by atoms with Gasteiger partial charge in [0.05, 0.1) is 11.0 Å². The number of nitrogens with zero attached hydrogens (tertiary/aromatic N) is 2. The van der Waals surface area contributed by atoms with E-state index in [1.54, 1.807) is 30.3 Å². The molecule has 6 nitrogen and oxygen atoms in total. The number of aromatic hydroxyl groups is 1. The van der Waals surface area contributed by atoms with E-state index in [-0.39, 0.29) is 22.7 Å². The zero-order chi connectivity index (χ0) is 13.8. The highest BCUT2D eigenvalue weighted by atomic mass is 16.6. The average molecular weight is 258 g/mol. The van der Waals surface area contributed by atoms with E-state index in [9.17, 15) is 15.2 Å². The number of non-ortho nitro benzene ring substituents is 1. The van der Waals surface area contributed by atoms with Gasteiger partial charge in [-0.2, -0.15) is 0 Å². The lowest BCUT2D eigenvalue weighted by atomic mass is 10.0. The maximum absolute atomic E-state index is 10.6. The summed E-state index contributed by atoms with van der Waals surface area (Å²) in [6.45, 7) is 0. The van der Waals surface area contributed by atoms with Gasteiger partial charge in [0, 0.05) is 17.2 Å². The fourth-order valence-corrected chi connectivity index (χ4v) is 1.70. The number of benzene rings is 2. The van der Waals surface area contributed by atoms with Crippen molar-refractivity contribution in [2.75, 3.05) is 0 Å². The van der Waals surface area contributed by atoms with Crippen molar-refractivity contribution in [1.29, 1.82) is 0 Å². The summed E-state index contributed by atoms with van der Waals surface area (Å²) >= 11 is 0. The van der Waals surface area contributed by atoms with Gasteiger partial charge in [0.2, 0.25) is 0 Å². The molecule has 0 radical (unpaired) electrons. The van der Waals surface area contributed by atoms with E-state index in [1.165, 1.54) is 12.1 Å². The van der Waals surface area contributed by atoms with Crippen LogP contribution in [0.5, 0.6) is 5.75 Å². The van der Waals surface area contributed by atoms with Crippen LogP contribution in [-0.4, -0.2) is 20.9 Å². The number of nitro groups is 1. The van der Waals surface area contributed by atoms with Crippen LogP contribution >= 0.6 is 0 Å². The molecule has 2 aromatic rings. The number of nitro benzene ring substituents is 1. The van der Waals surface area contributed by atoms with Crippen LogP contribution in [0.2, 0.25) is 0 Å². The SMILES string of the molecule is O=[N+]([O-])c1ccc(/C(=N/O)c2ccccc2)c(O)c1. The molecular weight excluding hydrogens is 248 g/mol. The molecule has 0 amide bonds. The van der Waals surface area contributed by atoms with Crippen molar-refractivity contribution in [2.45, 2.75) is 0 Å². The van der Waals surface area contributed by atoms with Crippen LogP contribution in [0.4, 0.5) is 5.69 Å². The van der Waals surface area contributed by atoms with E-state index in [0.29, 0.717) is 5.56 Å². The highest BCUT2D eigenvalue weighted by Crippen LogP contribution is 2.26. The Kier molecular flexibility index (Phi) is 3.42. The first kappa shape index (κ1) is 12.6. The summed E-state index contributed by atoms with van der Waals surface area (Å²) in [4.78, 5) is 9.98. The summed E-state index contributed by atoms with van der Waals surface area (Å²) in [5.41, 5.74) is 0.730. The minimum atomic E-state index is -0.609. The molecule has 0 saturated carbocycles. The molecule has 0 spiro atoms. The monoisotopic (exact) mass is 258 g/mol. The van der Waals surface area contributed by atoms with Crippen molar-refractivity contribution in [2.24, 2.45) is 5.16 Å². The second kappa shape index (κ2) is 5.18. The van der Waals surface area contributed by atoms with Crippen LogP contribution < -0.4 is 0 Å². The molecule has 2 aromatic carbocycles. The number of phenols is 1. The number of hydrogen-bond donors (Lipinski definition) is 2. The van der Waals surface area contributed by atoms with E-state index in [4.69, 9.17) is 5.21 Å². The number of hydrogen-bond acceptors (Lipinski definition) is 5. The van der Waals surface area contributed by atoms with Gasteiger partial charge in [0.1, 0.15) is 11.5 Å². The van der Waals surface area contributed by atoms with E-state index in [1.807, 2.05) is 0 Å². The molecule has 2 N–H and O–H groups in total. The zero-order valence-electron chi connectivity index (χ0n) is 9.72. The first-order valence-electron chi connectivity index (χ1n) is 5.38. The third kappa shape index (κ3) is 2.52. The Hall–Kier alpha value is -2.89. The Morgan fingerprint density at radius 1 is 1.16 bits per heavy atom. The van der Waals surface area contributed by atoms with Gasteiger partial charge in [-0.3, -0.25) is 10.1 Å². The molecule has 0 bridgehead atoms. The maximum atomic E-state index is 10.6. The summed E-state index contributed by atoms with van der Waals surface area (Å²) in [6.07, 6.45) is 0. The van der Waals surface area contributed by atoms with Crippen molar-refractivity contribution in [3.63, 3.8) is 0 Å². The Morgan fingerprint density at radius 3 is 2.37 bits per heavy atom. The van der Waals surface area contributed by atoms with Crippen LogP contribution in [-0.2, 0) is 0 Å². The molecule has 0 aliphatic rings. The average Bonchev–Trinajstić information content (AvgIpc) is 2.42. The summed E-state index contributed by atoms with van der Waals surface area (Å²) in [6, 6.07) is 12.3. The normalized spacial score (nSPS) is 11.3. The van der Waals surface area contributed by atoms with Gasteiger partial charge in [0.15, 0.2) is 0 Å². The van der Waals surface area contributed by atoms with E-state index >= 15 is 0 Å². The molecule has 0 atom stereocenters. The molecule has 6 heteroatoms. The fraction of sp³-hybridized carbons (Fsp3) is 0. The lowest BCUT2D eigenvalue weighted by molar-refractivity contribution is -0.384. The summed E-state index contributed by atoms with van der Waals surface area (Å²) in [5, 5.41) is 32.6. The van der Waals surface area contributed by atoms with Crippen molar-refractivity contribution in [3.8, 4) is 5.75 Å². The van der Waals surface area contributed by atoms with Crippen LogP contribution in [0, 0.1) is 10.1 Å². The molecule has 0 unspecified atom stereocenters. The van der Waals surface area contributed by atoms with Gasteiger partial charge >= 0.3 is 0 Å². The minimum Gasteiger partial charge on any atom is -0.507 e. The molecule has 0 saturated heterocycles. The van der Waals surface area contributed by atoms with E-state index in [2.05, 4.69) is 5.16 Å². The smallest absolute Gasteiger partial charge is 0.273 e. The highest BCUT2D eigenvalue weighted by molar-refractivity contribution is 6.14. The lowest BCUT2D eigenvalue weighted by Gasteiger charge is -2.06. The van der Waals surface area contributed by atoms with Crippen molar-refractivity contribution in [1.82, 2.24) is 0 Å². The molecule has 0 aliphatic carbocycles. The summed E-state index contributed by atoms with van der Waals surface area (Å²) in [7, 11) is 0. The minimum absolute atomic E-state index is 0.146. The Morgan fingerprint density at radius 2 is 1.84 bits per heavy atom. The standard InChI is InChI=1S/C13H10N2O4/c16-12-8-10(15(18)19)6-7-11(12)13(14-17)9-4-2-1-3-5-9/h1-8,16-17H/b14-13+. The lowest BCUT2D eigenvalue weighted by Crippen LogP contribution is -2.04. The van der Waals surface area contributed by atoms with Crippen molar-refractivity contribution in [3.05, 3.63) is 69.8 Å². The number of phenolic OH excluding ortho intramolecular Hbond substituents is 1. The van der Waals surface area contributed by atoms with Gasteiger partial charge in [-0.05, 0) is 6.07 Å². The molecule has 0 aromatic heterocycles. The van der Waals surface area contributed by atoms with Crippen LogP contribution in [0.3, 0.4) is 0 Å². The summed E-state index contributed by atoms with van der Waals surface area (Å²) < 4.78 is 0. The van der Waals surface area contributed by atoms with Gasteiger partial charge in [-0.25, -0.2) is 0 Å². The van der Waals surface area contributed by atoms with Crippen molar-refractivity contribution >= 4 is 11.4 Å². The fourth-order valence-electron chi connectivity index (χ4n) is 1.70. The maximum Gasteiger partial charge on any atom is 0.273 e. The third-order valence-corrected chi connectivity index (χ3v) is 2.59. The Bertz CT molecular complexity index is 638. The largest absolute Gasteiger partial charge is 0.507 e. The number of rotatable bonds is 3. The molecular formula is C13H10N2O4. The zero-order valence-corrected chi connectivity index (χ0v) is 9.72. The van der Waals surface area contributed by atoms with E-state index in [0.717, 1.165) is 6.07 Å². The molecule has 0 heterocycles.